The fourth-order valence-corrected chi connectivity index (χ4v) is 2.36. The molecule has 3 rings (SSSR count). The predicted molar refractivity (Wildman–Crippen MR) is 69.2 cm³/mol. The Morgan fingerprint density at radius 2 is 2.22 bits per heavy atom. The van der Waals surface area contributed by atoms with Gasteiger partial charge >= 0.3 is 0 Å². The maximum absolute atomic E-state index is 8.95. The molecule has 1 aromatic carbocycles. The van der Waals surface area contributed by atoms with Crippen LogP contribution in [0, 0.1) is 18.3 Å². The normalized spacial score (nSPS) is 14.1. The summed E-state index contributed by atoms with van der Waals surface area (Å²) in [7, 11) is 0. The minimum Gasteiger partial charge on any atom is -0.362 e. The second-order valence-electron chi connectivity index (χ2n) is 4.57. The lowest BCUT2D eigenvalue weighted by Gasteiger charge is -2.29. The topological polar surface area (TPSA) is 44.9 Å². The highest BCUT2D eigenvalue weighted by Crippen LogP contribution is 2.22. The molecule has 0 saturated carbocycles. The Morgan fingerprint density at radius 1 is 1.33 bits per heavy atom. The molecule has 1 aromatic heterocycles. The second kappa shape index (κ2) is 4.19. The first-order chi connectivity index (χ1) is 8.78. The first-order valence-electron chi connectivity index (χ1n) is 6.03. The Hall–Kier alpha value is -2.28. The third-order valence-corrected chi connectivity index (χ3v) is 3.44. The molecule has 1 aliphatic heterocycles. The molecule has 0 N–H and O–H groups in total. The molecule has 18 heavy (non-hydrogen) atoms. The van der Waals surface area contributed by atoms with Crippen LogP contribution in [-0.2, 0) is 13.1 Å². The van der Waals surface area contributed by atoms with Crippen LogP contribution in [0.25, 0.3) is 0 Å². The van der Waals surface area contributed by atoms with Gasteiger partial charge in [0, 0.05) is 31.2 Å². The molecule has 0 radical (unpaired) electrons. The summed E-state index contributed by atoms with van der Waals surface area (Å²) in [5.74, 6) is 1.10. The van der Waals surface area contributed by atoms with Crippen molar-refractivity contribution in [1.29, 1.82) is 5.26 Å². The van der Waals surface area contributed by atoms with E-state index in [9.17, 15) is 0 Å². The molecule has 4 nitrogen and oxygen atoms in total. The summed E-state index contributed by atoms with van der Waals surface area (Å²) in [5.41, 5.74) is 2.95. The minimum atomic E-state index is 0.747. The zero-order valence-electron chi connectivity index (χ0n) is 10.3. The van der Waals surface area contributed by atoms with Gasteiger partial charge in [-0.1, -0.05) is 0 Å². The van der Waals surface area contributed by atoms with Crippen LogP contribution in [0.1, 0.15) is 17.0 Å². The van der Waals surface area contributed by atoms with Crippen LogP contribution in [-0.4, -0.2) is 16.1 Å². The summed E-state index contributed by atoms with van der Waals surface area (Å²) in [5, 5.41) is 8.95. The van der Waals surface area contributed by atoms with Crippen molar-refractivity contribution in [3.8, 4) is 6.07 Å². The Kier molecular flexibility index (Phi) is 2.52. The zero-order chi connectivity index (χ0) is 12.5. The van der Waals surface area contributed by atoms with E-state index in [0.29, 0.717) is 0 Å². The van der Waals surface area contributed by atoms with Crippen LogP contribution < -0.4 is 4.90 Å². The lowest BCUT2D eigenvalue weighted by molar-refractivity contribution is 0.560. The highest BCUT2D eigenvalue weighted by Gasteiger charge is 2.17. The van der Waals surface area contributed by atoms with Gasteiger partial charge in [-0.2, -0.15) is 5.26 Å². The number of nitrogens with zero attached hydrogens (tertiary/aromatic N) is 4. The third-order valence-electron chi connectivity index (χ3n) is 3.44. The molecule has 2 heterocycles. The van der Waals surface area contributed by atoms with E-state index in [4.69, 9.17) is 5.26 Å². The van der Waals surface area contributed by atoms with Crippen LogP contribution in [0.2, 0.25) is 0 Å². The molecule has 0 aliphatic carbocycles. The van der Waals surface area contributed by atoms with Crippen LogP contribution in [0.15, 0.2) is 30.6 Å². The van der Waals surface area contributed by atoms with Crippen molar-refractivity contribution in [1.82, 2.24) is 9.55 Å². The SMILES string of the molecule is Cc1cc(N2CCn3ccnc3C2)ccc1C#N. The van der Waals surface area contributed by atoms with E-state index < -0.39 is 0 Å². The average molecular weight is 238 g/mol. The van der Waals surface area contributed by atoms with E-state index in [2.05, 4.69) is 26.6 Å². The Balaban J connectivity index is 1.89. The number of aromatic nitrogens is 2. The van der Waals surface area contributed by atoms with Crippen molar-refractivity contribution in [3.05, 3.63) is 47.5 Å². The number of hydrogen-bond donors (Lipinski definition) is 0. The van der Waals surface area contributed by atoms with Crippen LogP contribution in [0.5, 0.6) is 0 Å². The summed E-state index contributed by atoms with van der Waals surface area (Å²) in [4.78, 5) is 6.66. The Bertz CT molecular complexity index is 621. The fourth-order valence-electron chi connectivity index (χ4n) is 2.36. The van der Waals surface area contributed by atoms with Gasteiger partial charge in [-0.05, 0) is 30.7 Å². The van der Waals surface area contributed by atoms with E-state index in [-0.39, 0.29) is 0 Å². The van der Waals surface area contributed by atoms with Crippen LogP contribution in [0.3, 0.4) is 0 Å². The molecule has 0 saturated heterocycles. The van der Waals surface area contributed by atoms with Gasteiger partial charge in [0.05, 0.1) is 18.2 Å². The number of hydrogen-bond acceptors (Lipinski definition) is 3. The van der Waals surface area contributed by atoms with Crippen LogP contribution >= 0.6 is 0 Å². The Morgan fingerprint density at radius 3 is 3.00 bits per heavy atom. The fraction of sp³-hybridized carbons (Fsp3) is 0.286. The maximum Gasteiger partial charge on any atom is 0.128 e. The monoisotopic (exact) mass is 238 g/mol. The maximum atomic E-state index is 8.95. The number of aryl methyl sites for hydroxylation is 1. The molecule has 2 aromatic rings. The predicted octanol–water partition coefficient (Wildman–Crippen LogP) is 2.08. The van der Waals surface area contributed by atoms with Gasteiger partial charge in [-0.15, -0.1) is 0 Å². The first kappa shape index (κ1) is 10.8. The minimum absolute atomic E-state index is 0.747. The van der Waals surface area contributed by atoms with Gasteiger partial charge < -0.3 is 9.47 Å². The standard InChI is InChI=1S/C14H14N4/c1-11-8-13(3-2-12(11)9-15)18-7-6-17-5-4-16-14(17)10-18/h2-5,8H,6-7,10H2,1H3. The highest BCUT2D eigenvalue weighted by atomic mass is 15.2. The molecular formula is C14H14N4. The summed E-state index contributed by atoms with van der Waals surface area (Å²) in [6.07, 6.45) is 3.87. The van der Waals surface area contributed by atoms with Gasteiger partial charge in [0.2, 0.25) is 0 Å². The van der Waals surface area contributed by atoms with Crippen molar-refractivity contribution in [2.45, 2.75) is 20.0 Å². The Labute approximate surface area is 106 Å². The van der Waals surface area contributed by atoms with Crippen LogP contribution in [0.4, 0.5) is 5.69 Å². The lowest BCUT2D eigenvalue weighted by Crippen LogP contribution is -2.33. The molecule has 0 unspecified atom stereocenters. The van der Waals surface area contributed by atoms with E-state index in [1.54, 1.807) is 0 Å². The number of anilines is 1. The smallest absolute Gasteiger partial charge is 0.128 e. The van der Waals surface area contributed by atoms with Gasteiger partial charge in [-0.3, -0.25) is 0 Å². The largest absolute Gasteiger partial charge is 0.362 e. The van der Waals surface area contributed by atoms with E-state index in [1.807, 2.05) is 31.5 Å². The van der Waals surface area contributed by atoms with Crippen molar-refractivity contribution >= 4 is 5.69 Å². The van der Waals surface area contributed by atoms with E-state index >= 15 is 0 Å². The molecule has 1 aliphatic rings. The second-order valence-corrected chi connectivity index (χ2v) is 4.57. The summed E-state index contributed by atoms with van der Waals surface area (Å²) < 4.78 is 2.19. The third kappa shape index (κ3) is 1.74. The van der Waals surface area contributed by atoms with Gasteiger partial charge in [0.1, 0.15) is 5.82 Å². The number of nitriles is 1. The lowest BCUT2D eigenvalue weighted by atomic mass is 10.1. The quantitative estimate of drug-likeness (QED) is 0.764. The van der Waals surface area contributed by atoms with Crippen molar-refractivity contribution in [2.75, 3.05) is 11.4 Å². The van der Waals surface area contributed by atoms with E-state index in [0.717, 1.165) is 36.6 Å². The van der Waals surface area contributed by atoms with Crippen molar-refractivity contribution in [3.63, 3.8) is 0 Å². The van der Waals surface area contributed by atoms with Crippen molar-refractivity contribution < 1.29 is 0 Å². The number of fused-ring (bicyclic) bond motifs is 1. The molecular weight excluding hydrogens is 224 g/mol. The molecule has 90 valence electrons. The summed E-state index contributed by atoms with van der Waals surface area (Å²) >= 11 is 0. The van der Waals surface area contributed by atoms with E-state index in [1.165, 1.54) is 5.69 Å². The molecule has 0 fully saturated rings. The van der Waals surface area contributed by atoms with Gasteiger partial charge in [0.25, 0.3) is 0 Å². The molecule has 0 bridgehead atoms. The van der Waals surface area contributed by atoms with Gasteiger partial charge in [0.15, 0.2) is 0 Å². The molecule has 0 spiro atoms. The number of benzene rings is 1. The summed E-state index contributed by atoms with van der Waals surface area (Å²) in [6, 6.07) is 8.20. The molecule has 4 heteroatoms. The molecule has 0 amide bonds. The van der Waals surface area contributed by atoms with Gasteiger partial charge in [-0.25, -0.2) is 4.98 Å². The molecule has 0 atom stereocenters. The zero-order valence-corrected chi connectivity index (χ0v) is 10.3. The number of imidazole rings is 1. The number of rotatable bonds is 1. The summed E-state index contributed by atoms with van der Waals surface area (Å²) in [6.45, 7) is 4.76. The average Bonchev–Trinajstić information content (AvgIpc) is 2.85. The first-order valence-corrected chi connectivity index (χ1v) is 6.03. The highest BCUT2D eigenvalue weighted by molar-refractivity contribution is 5.53. The van der Waals surface area contributed by atoms with Crippen molar-refractivity contribution in [2.24, 2.45) is 0 Å².